The summed E-state index contributed by atoms with van der Waals surface area (Å²) in [6.45, 7) is 0. The zero-order valence-electron chi connectivity index (χ0n) is 8.62. The molecule has 2 heterocycles. The Balaban J connectivity index is 2.27. The average Bonchev–Trinajstić information content (AvgIpc) is 2.66. The first-order valence-corrected chi connectivity index (χ1v) is 4.97. The van der Waals surface area contributed by atoms with Crippen molar-refractivity contribution in [2.45, 2.75) is 0 Å². The molecule has 0 unspecified atom stereocenters. The molecule has 2 aromatic rings. The number of aromatic nitrogens is 2. The lowest BCUT2D eigenvalue weighted by Crippen LogP contribution is -2.11. The molecular formula is C12H6N3O2. The number of imide groups is 1. The Labute approximate surface area is 96.5 Å². The Hall–Kier alpha value is -2.56. The van der Waals surface area contributed by atoms with E-state index in [4.69, 9.17) is 0 Å². The molecule has 0 spiro atoms. The van der Waals surface area contributed by atoms with Gasteiger partial charge in [-0.25, -0.2) is 0 Å². The highest BCUT2D eigenvalue weighted by Gasteiger charge is 2.31. The number of amides is 2. The third-order valence-electron chi connectivity index (χ3n) is 2.55. The lowest BCUT2D eigenvalue weighted by molar-refractivity contribution is 0.0873. The van der Waals surface area contributed by atoms with E-state index in [1.165, 1.54) is 6.20 Å². The highest BCUT2D eigenvalue weighted by atomic mass is 16.2. The SMILES string of the molecule is O=C1[N]C(=O)c2c1cccc2-c1cnccn1. The normalized spacial score (nSPS) is 13.4. The molecule has 1 radical (unpaired) electrons. The van der Waals surface area contributed by atoms with Gasteiger partial charge in [0, 0.05) is 18.0 Å². The minimum Gasteiger partial charge on any atom is -0.267 e. The molecule has 0 N–H and O–H groups in total. The lowest BCUT2D eigenvalue weighted by atomic mass is 10.0. The highest BCUT2D eigenvalue weighted by Crippen LogP contribution is 2.27. The van der Waals surface area contributed by atoms with E-state index in [0.29, 0.717) is 22.4 Å². The van der Waals surface area contributed by atoms with Crippen molar-refractivity contribution in [3.05, 3.63) is 47.9 Å². The van der Waals surface area contributed by atoms with Crippen LogP contribution in [0.4, 0.5) is 0 Å². The lowest BCUT2D eigenvalue weighted by Gasteiger charge is -2.03. The van der Waals surface area contributed by atoms with Crippen LogP contribution in [-0.2, 0) is 0 Å². The van der Waals surface area contributed by atoms with Crippen LogP contribution in [0.15, 0.2) is 36.8 Å². The van der Waals surface area contributed by atoms with E-state index < -0.39 is 11.8 Å². The summed E-state index contributed by atoms with van der Waals surface area (Å²) >= 11 is 0. The van der Waals surface area contributed by atoms with Gasteiger partial charge in [-0.05, 0) is 6.07 Å². The van der Waals surface area contributed by atoms with E-state index in [2.05, 4.69) is 15.3 Å². The maximum Gasteiger partial charge on any atom is 0.281 e. The fourth-order valence-corrected chi connectivity index (χ4v) is 1.82. The number of rotatable bonds is 1. The fourth-order valence-electron chi connectivity index (χ4n) is 1.82. The first-order chi connectivity index (χ1) is 8.27. The highest BCUT2D eigenvalue weighted by molar-refractivity contribution is 6.23. The molecule has 1 aliphatic heterocycles. The molecule has 17 heavy (non-hydrogen) atoms. The van der Waals surface area contributed by atoms with E-state index >= 15 is 0 Å². The zero-order valence-corrected chi connectivity index (χ0v) is 8.62. The van der Waals surface area contributed by atoms with Gasteiger partial charge in [0.25, 0.3) is 11.8 Å². The predicted octanol–water partition coefficient (Wildman–Crippen LogP) is 1.04. The van der Waals surface area contributed by atoms with Gasteiger partial charge in [0.2, 0.25) is 0 Å². The van der Waals surface area contributed by atoms with Crippen LogP contribution in [0.3, 0.4) is 0 Å². The zero-order chi connectivity index (χ0) is 11.8. The summed E-state index contributed by atoms with van der Waals surface area (Å²) in [7, 11) is 0. The first kappa shape index (κ1) is 9.65. The predicted molar refractivity (Wildman–Crippen MR) is 58.3 cm³/mol. The van der Waals surface area contributed by atoms with E-state index in [1.807, 2.05) is 0 Å². The Kier molecular flexibility index (Phi) is 1.98. The number of nitrogens with zero attached hydrogens (tertiary/aromatic N) is 3. The Morgan fingerprint density at radius 1 is 0.941 bits per heavy atom. The van der Waals surface area contributed by atoms with Gasteiger partial charge < -0.3 is 0 Å². The summed E-state index contributed by atoms with van der Waals surface area (Å²) in [5, 5.41) is 3.42. The molecule has 0 fully saturated rings. The van der Waals surface area contributed by atoms with Crippen molar-refractivity contribution < 1.29 is 9.59 Å². The number of hydrogen-bond donors (Lipinski definition) is 0. The van der Waals surface area contributed by atoms with Gasteiger partial charge in [-0.15, -0.1) is 0 Å². The maximum atomic E-state index is 11.6. The van der Waals surface area contributed by atoms with E-state index in [1.54, 1.807) is 30.6 Å². The summed E-state index contributed by atoms with van der Waals surface area (Å²) in [6, 6.07) is 5.02. The topological polar surface area (TPSA) is 74.0 Å². The largest absolute Gasteiger partial charge is 0.281 e. The van der Waals surface area contributed by atoms with Gasteiger partial charge in [-0.2, -0.15) is 5.32 Å². The van der Waals surface area contributed by atoms with Crippen LogP contribution in [0.5, 0.6) is 0 Å². The van der Waals surface area contributed by atoms with Crippen LogP contribution >= 0.6 is 0 Å². The summed E-state index contributed by atoms with van der Waals surface area (Å²) in [5.41, 5.74) is 1.80. The number of fused-ring (bicyclic) bond motifs is 1. The number of carbonyl (C=O) groups excluding carboxylic acids is 2. The molecule has 2 amide bonds. The second-order valence-corrected chi connectivity index (χ2v) is 3.54. The molecule has 0 bridgehead atoms. The van der Waals surface area contributed by atoms with Crippen molar-refractivity contribution in [3.8, 4) is 11.3 Å². The molecule has 1 aromatic heterocycles. The summed E-state index contributed by atoms with van der Waals surface area (Å²) in [5.74, 6) is -0.998. The van der Waals surface area contributed by atoms with E-state index in [-0.39, 0.29) is 0 Å². The molecule has 0 saturated heterocycles. The van der Waals surface area contributed by atoms with Crippen LogP contribution < -0.4 is 5.32 Å². The van der Waals surface area contributed by atoms with Crippen molar-refractivity contribution in [2.75, 3.05) is 0 Å². The molecule has 81 valence electrons. The van der Waals surface area contributed by atoms with Crippen LogP contribution in [0, 0.1) is 0 Å². The molecule has 0 atom stereocenters. The summed E-state index contributed by atoms with van der Waals surface area (Å²) in [4.78, 5) is 31.1. The van der Waals surface area contributed by atoms with Gasteiger partial charge in [0.15, 0.2) is 0 Å². The molecule has 3 rings (SSSR count). The quantitative estimate of drug-likeness (QED) is 0.678. The van der Waals surface area contributed by atoms with E-state index in [0.717, 1.165) is 0 Å². The molecule has 5 heteroatoms. The molecular weight excluding hydrogens is 218 g/mol. The molecule has 1 aromatic carbocycles. The third kappa shape index (κ3) is 1.40. The second-order valence-electron chi connectivity index (χ2n) is 3.54. The average molecular weight is 224 g/mol. The summed E-state index contributed by atoms with van der Waals surface area (Å²) in [6.07, 6.45) is 4.63. The van der Waals surface area contributed by atoms with Gasteiger partial charge in [-0.3, -0.25) is 19.6 Å². The van der Waals surface area contributed by atoms with Crippen molar-refractivity contribution in [1.82, 2.24) is 15.3 Å². The van der Waals surface area contributed by atoms with Crippen LogP contribution in [0.1, 0.15) is 20.7 Å². The number of carbonyl (C=O) groups is 2. The van der Waals surface area contributed by atoms with Gasteiger partial charge in [0.1, 0.15) is 0 Å². The second kappa shape index (κ2) is 3.48. The Bertz CT molecular complexity index is 623. The molecule has 5 nitrogen and oxygen atoms in total. The smallest absolute Gasteiger partial charge is 0.267 e. The van der Waals surface area contributed by atoms with Crippen LogP contribution in [0.2, 0.25) is 0 Å². The fraction of sp³-hybridized carbons (Fsp3) is 0. The van der Waals surface area contributed by atoms with Gasteiger partial charge in [-0.1, -0.05) is 12.1 Å². The van der Waals surface area contributed by atoms with Crippen LogP contribution in [0.25, 0.3) is 11.3 Å². The molecule has 1 aliphatic rings. The van der Waals surface area contributed by atoms with Gasteiger partial charge >= 0.3 is 0 Å². The Morgan fingerprint density at radius 3 is 2.53 bits per heavy atom. The number of hydrogen-bond acceptors (Lipinski definition) is 4. The monoisotopic (exact) mass is 224 g/mol. The van der Waals surface area contributed by atoms with Crippen molar-refractivity contribution in [3.63, 3.8) is 0 Å². The van der Waals surface area contributed by atoms with Crippen molar-refractivity contribution in [1.29, 1.82) is 0 Å². The minimum absolute atomic E-state index is 0.318. The Morgan fingerprint density at radius 2 is 1.76 bits per heavy atom. The minimum atomic E-state index is -0.508. The molecule has 0 aliphatic carbocycles. The van der Waals surface area contributed by atoms with Gasteiger partial charge in [0.05, 0.1) is 23.0 Å². The van der Waals surface area contributed by atoms with Crippen LogP contribution in [-0.4, -0.2) is 21.8 Å². The van der Waals surface area contributed by atoms with Crippen molar-refractivity contribution >= 4 is 11.8 Å². The maximum absolute atomic E-state index is 11.6. The first-order valence-electron chi connectivity index (χ1n) is 4.97. The third-order valence-corrected chi connectivity index (χ3v) is 2.55. The van der Waals surface area contributed by atoms with E-state index in [9.17, 15) is 9.59 Å². The summed E-state index contributed by atoms with van der Waals surface area (Å²) < 4.78 is 0. The number of benzene rings is 1. The standard InChI is InChI=1S/C12H6N3O2/c16-11-8-3-1-2-7(10(8)12(17)15-11)9-6-13-4-5-14-9/h1-6H. The van der Waals surface area contributed by atoms with Crippen molar-refractivity contribution in [2.24, 2.45) is 0 Å². The molecule has 0 saturated carbocycles.